The van der Waals surface area contributed by atoms with E-state index in [-0.39, 0.29) is 5.56 Å². The van der Waals surface area contributed by atoms with Crippen molar-refractivity contribution < 1.29 is 22.4 Å². The number of halogens is 4. The Morgan fingerprint density at radius 2 is 1.86 bits per heavy atom. The van der Waals surface area contributed by atoms with E-state index in [1.807, 2.05) is 6.07 Å². The van der Waals surface area contributed by atoms with Crippen molar-refractivity contribution in [1.82, 2.24) is 5.32 Å². The van der Waals surface area contributed by atoms with E-state index in [4.69, 9.17) is 5.26 Å². The van der Waals surface area contributed by atoms with Gasteiger partial charge >= 0.3 is 6.18 Å². The summed E-state index contributed by atoms with van der Waals surface area (Å²) in [5, 5.41) is 11.5. The molecule has 0 saturated carbocycles. The molecule has 0 bridgehead atoms. The van der Waals surface area contributed by atoms with Crippen LogP contribution in [0.4, 0.5) is 17.6 Å². The smallest absolute Gasteiger partial charge is 0.334 e. The number of carbonyl (C=O) groups is 1. The van der Waals surface area contributed by atoms with Crippen molar-refractivity contribution in [3.8, 4) is 6.07 Å². The van der Waals surface area contributed by atoms with Crippen molar-refractivity contribution in [2.24, 2.45) is 0 Å². The Bertz CT molecular complexity index is 571. The van der Waals surface area contributed by atoms with E-state index >= 15 is 0 Å². The van der Waals surface area contributed by atoms with Crippen LogP contribution in [0.25, 0.3) is 0 Å². The fourth-order valence-corrected chi connectivity index (χ4v) is 1.79. The molecule has 1 aromatic rings. The number of hydrogen-bond acceptors (Lipinski definition) is 2. The Balaban J connectivity index is 3.13. The Labute approximate surface area is 119 Å². The fraction of sp³-hybridized carbons (Fsp3) is 0.429. The summed E-state index contributed by atoms with van der Waals surface area (Å²) in [4.78, 5) is 12.0. The van der Waals surface area contributed by atoms with Crippen molar-refractivity contribution in [3.63, 3.8) is 0 Å². The van der Waals surface area contributed by atoms with Crippen LogP contribution in [0.1, 0.15) is 42.6 Å². The highest BCUT2D eigenvalue weighted by atomic mass is 19.4. The van der Waals surface area contributed by atoms with E-state index in [2.05, 4.69) is 5.32 Å². The van der Waals surface area contributed by atoms with Gasteiger partial charge in [-0.1, -0.05) is 13.8 Å². The Kier molecular flexibility index (Phi) is 4.94. The summed E-state index contributed by atoms with van der Waals surface area (Å²) in [5.74, 6) is -2.29. The highest BCUT2D eigenvalue weighted by Crippen LogP contribution is 2.32. The van der Waals surface area contributed by atoms with Gasteiger partial charge in [-0.2, -0.15) is 18.4 Å². The van der Waals surface area contributed by atoms with E-state index < -0.39 is 29.0 Å². The molecule has 1 rings (SSSR count). The molecule has 0 aliphatic heterocycles. The highest BCUT2D eigenvalue weighted by molar-refractivity contribution is 5.95. The van der Waals surface area contributed by atoms with Crippen LogP contribution in [-0.2, 0) is 6.18 Å². The lowest BCUT2D eigenvalue weighted by molar-refractivity contribution is -0.140. The first-order chi connectivity index (χ1) is 9.69. The molecule has 0 heterocycles. The third kappa shape index (κ3) is 3.72. The average molecular weight is 302 g/mol. The highest BCUT2D eigenvalue weighted by Gasteiger charge is 2.35. The SMILES string of the molecule is CCC(C#N)(CC)NC(=O)c1ccc(F)c(C(F)(F)F)c1. The van der Waals surface area contributed by atoms with Crippen LogP contribution in [-0.4, -0.2) is 11.4 Å². The normalized spacial score (nSPS) is 11.9. The number of nitrogens with zero attached hydrogens (tertiary/aromatic N) is 1. The maximum absolute atomic E-state index is 13.2. The average Bonchev–Trinajstić information content (AvgIpc) is 2.44. The molecule has 1 amide bonds. The minimum absolute atomic E-state index is 0.305. The number of rotatable bonds is 4. The monoisotopic (exact) mass is 302 g/mol. The molecule has 1 aromatic carbocycles. The molecule has 0 aromatic heterocycles. The van der Waals surface area contributed by atoms with Crippen LogP contribution in [0.2, 0.25) is 0 Å². The fourth-order valence-electron chi connectivity index (χ4n) is 1.79. The first-order valence-corrected chi connectivity index (χ1v) is 6.29. The molecule has 21 heavy (non-hydrogen) atoms. The van der Waals surface area contributed by atoms with Gasteiger partial charge in [0.05, 0.1) is 11.6 Å². The molecule has 0 aliphatic carbocycles. The summed E-state index contributed by atoms with van der Waals surface area (Å²) in [6.07, 6.45) is -4.28. The molecule has 0 fully saturated rings. The second kappa shape index (κ2) is 6.12. The third-order valence-electron chi connectivity index (χ3n) is 3.31. The zero-order chi connectivity index (χ0) is 16.3. The molecule has 114 valence electrons. The Morgan fingerprint density at radius 1 is 1.29 bits per heavy atom. The minimum Gasteiger partial charge on any atom is -0.334 e. The van der Waals surface area contributed by atoms with Gasteiger partial charge in [0.2, 0.25) is 0 Å². The second-order valence-corrected chi connectivity index (χ2v) is 4.55. The molecular weight excluding hydrogens is 288 g/mol. The molecule has 0 atom stereocenters. The summed E-state index contributed by atoms with van der Waals surface area (Å²) in [6, 6.07) is 3.92. The van der Waals surface area contributed by atoms with E-state index in [1.54, 1.807) is 13.8 Å². The van der Waals surface area contributed by atoms with Crippen molar-refractivity contribution in [1.29, 1.82) is 5.26 Å². The molecule has 0 unspecified atom stereocenters. The van der Waals surface area contributed by atoms with E-state index in [1.165, 1.54) is 0 Å². The van der Waals surface area contributed by atoms with E-state index in [0.717, 1.165) is 6.07 Å². The van der Waals surface area contributed by atoms with Gasteiger partial charge in [0, 0.05) is 5.56 Å². The molecule has 0 radical (unpaired) electrons. The summed E-state index contributed by atoms with van der Waals surface area (Å²) >= 11 is 0. The molecule has 7 heteroatoms. The molecule has 0 aliphatic rings. The van der Waals surface area contributed by atoms with Gasteiger partial charge < -0.3 is 5.32 Å². The maximum atomic E-state index is 13.2. The third-order valence-corrected chi connectivity index (χ3v) is 3.31. The molecule has 3 nitrogen and oxygen atoms in total. The van der Waals surface area contributed by atoms with Gasteiger partial charge in [-0.15, -0.1) is 0 Å². The summed E-state index contributed by atoms with van der Waals surface area (Å²) in [6.45, 7) is 3.36. The van der Waals surface area contributed by atoms with Gasteiger partial charge in [-0.3, -0.25) is 4.79 Å². The minimum atomic E-state index is -4.89. The number of hydrogen-bond donors (Lipinski definition) is 1. The number of nitrogens with one attached hydrogen (secondary N) is 1. The number of carbonyl (C=O) groups excluding carboxylic acids is 1. The van der Waals surface area contributed by atoms with Gasteiger partial charge in [0.15, 0.2) is 0 Å². The van der Waals surface area contributed by atoms with E-state index in [9.17, 15) is 22.4 Å². The lowest BCUT2D eigenvalue weighted by Gasteiger charge is -2.25. The molecule has 0 spiro atoms. The van der Waals surface area contributed by atoms with Gasteiger partial charge in [0.25, 0.3) is 5.91 Å². The van der Waals surface area contributed by atoms with E-state index in [0.29, 0.717) is 25.0 Å². The van der Waals surface area contributed by atoms with Crippen LogP contribution >= 0.6 is 0 Å². The topological polar surface area (TPSA) is 52.9 Å². The zero-order valence-corrected chi connectivity index (χ0v) is 11.5. The standard InChI is InChI=1S/C14H14F4N2O/c1-3-13(4-2,8-19)20-12(21)9-5-6-11(15)10(7-9)14(16,17)18/h5-7H,3-4H2,1-2H3,(H,20,21). The number of nitriles is 1. The lowest BCUT2D eigenvalue weighted by atomic mass is 9.94. The Morgan fingerprint density at radius 3 is 2.29 bits per heavy atom. The first kappa shape index (κ1) is 17.0. The van der Waals surface area contributed by atoms with Crippen molar-refractivity contribution in [2.45, 2.75) is 38.4 Å². The number of alkyl halides is 3. The predicted molar refractivity (Wildman–Crippen MR) is 67.8 cm³/mol. The van der Waals surface area contributed by atoms with Crippen molar-refractivity contribution in [3.05, 3.63) is 35.1 Å². The van der Waals surface area contributed by atoms with Gasteiger partial charge in [-0.25, -0.2) is 4.39 Å². The van der Waals surface area contributed by atoms with Crippen molar-refractivity contribution >= 4 is 5.91 Å². The maximum Gasteiger partial charge on any atom is 0.419 e. The largest absolute Gasteiger partial charge is 0.419 e. The summed E-state index contributed by atoms with van der Waals surface area (Å²) < 4.78 is 51.0. The number of benzene rings is 1. The zero-order valence-electron chi connectivity index (χ0n) is 11.5. The second-order valence-electron chi connectivity index (χ2n) is 4.55. The van der Waals surface area contributed by atoms with Crippen LogP contribution in [0.5, 0.6) is 0 Å². The lowest BCUT2D eigenvalue weighted by Crippen LogP contribution is -2.46. The molecular formula is C14H14F4N2O. The molecule has 0 saturated heterocycles. The van der Waals surface area contributed by atoms with Crippen molar-refractivity contribution in [2.75, 3.05) is 0 Å². The quantitative estimate of drug-likeness (QED) is 0.863. The van der Waals surface area contributed by atoms with Crippen LogP contribution in [0.15, 0.2) is 18.2 Å². The van der Waals surface area contributed by atoms with Crippen LogP contribution in [0, 0.1) is 17.1 Å². The van der Waals surface area contributed by atoms with Crippen LogP contribution in [0.3, 0.4) is 0 Å². The first-order valence-electron chi connectivity index (χ1n) is 6.29. The van der Waals surface area contributed by atoms with Gasteiger partial charge in [-0.05, 0) is 31.0 Å². The van der Waals surface area contributed by atoms with Gasteiger partial charge in [0.1, 0.15) is 11.4 Å². The summed E-state index contributed by atoms with van der Waals surface area (Å²) in [7, 11) is 0. The molecule has 1 N–H and O–H groups in total. The summed E-state index contributed by atoms with van der Waals surface area (Å²) in [5.41, 5.74) is -3.00. The predicted octanol–water partition coefficient (Wildman–Crippen LogP) is 3.66. The van der Waals surface area contributed by atoms with Crippen LogP contribution < -0.4 is 5.32 Å². The number of amides is 1. The Hall–Kier alpha value is -2.10.